The summed E-state index contributed by atoms with van der Waals surface area (Å²) < 4.78 is 0. The lowest BCUT2D eigenvalue weighted by Crippen LogP contribution is -2.21. The first kappa shape index (κ1) is 14.5. The van der Waals surface area contributed by atoms with Crippen LogP contribution >= 0.6 is 0 Å². The van der Waals surface area contributed by atoms with E-state index in [4.69, 9.17) is 0 Å². The van der Waals surface area contributed by atoms with E-state index in [1.54, 1.807) is 18.2 Å². The molecule has 0 aliphatic heterocycles. The van der Waals surface area contributed by atoms with Crippen LogP contribution in [0.25, 0.3) is 10.9 Å². The zero-order chi connectivity index (χ0) is 16.2. The molecule has 2 N–H and O–H groups in total. The Balaban J connectivity index is 1.79. The zero-order valence-electron chi connectivity index (χ0n) is 11.9. The number of fused-ring (bicyclic) bond motifs is 1. The molecule has 0 saturated heterocycles. The summed E-state index contributed by atoms with van der Waals surface area (Å²) in [6.07, 6.45) is 1.41. The van der Waals surface area contributed by atoms with Gasteiger partial charge in [0.15, 0.2) is 0 Å². The summed E-state index contributed by atoms with van der Waals surface area (Å²) in [6.45, 7) is 0. The van der Waals surface area contributed by atoms with Crippen LogP contribution in [-0.2, 0) is 0 Å². The largest absolute Gasteiger partial charge is 0.545 e. The van der Waals surface area contributed by atoms with Crippen LogP contribution in [0.5, 0.6) is 0 Å². The summed E-state index contributed by atoms with van der Waals surface area (Å²) >= 11 is 0. The van der Waals surface area contributed by atoms with E-state index in [0.29, 0.717) is 11.3 Å². The standard InChI is InChI=1S/C17H13N3O3/c21-16-13(9-12-3-1-2-4-15(12)19-16)10-18-20-14-7-5-11(6-8-14)17(22)23/h1-10,20H,(H,19,21)(H,22,23)/p-1/b18-10+. The van der Waals surface area contributed by atoms with Crippen LogP contribution in [0.15, 0.2) is 64.5 Å². The van der Waals surface area contributed by atoms with Crippen LogP contribution in [0, 0.1) is 0 Å². The average molecular weight is 306 g/mol. The molecule has 0 fully saturated rings. The lowest BCUT2D eigenvalue weighted by molar-refractivity contribution is -0.255. The maximum absolute atomic E-state index is 11.9. The van der Waals surface area contributed by atoms with Crippen molar-refractivity contribution in [2.45, 2.75) is 0 Å². The minimum atomic E-state index is -1.23. The number of nitrogens with zero attached hydrogens (tertiary/aromatic N) is 1. The van der Waals surface area contributed by atoms with E-state index in [0.717, 1.165) is 10.9 Å². The summed E-state index contributed by atoms with van der Waals surface area (Å²) in [5.74, 6) is -1.23. The average Bonchev–Trinajstić information content (AvgIpc) is 2.56. The Morgan fingerprint density at radius 2 is 1.87 bits per heavy atom. The van der Waals surface area contributed by atoms with Gasteiger partial charge in [0.25, 0.3) is 5.56 Å². The predicted octanol–water partition coefficient (Wildman–Crippen LogP) is 1.34. The molecule has 2 aromatic carbocycles. The second-order valence-corrected chi connectivity index (χ2v) is 4.88. The fourth-order valence-corrected chi connectivity index (χ4v) is 2.12. The number of hydrogen-bond acceptors (Lipinski definition) is 5. The Morgan fingerprint density at radius 3 is 2.61 bits per heavy atom. The van der Waals surface area contributed by atoms with Crippen LogP contribution in [0.2, 0.25) is 0 Å². The third-order valence-corrected chi connectivity index (χ3v) is 3.30. The summed E-state index contributed by atoms with van der Waals surface area (Å²) in [5, 5.41) is 15.6. The Kier molecular flexibility index (Phi) is 3.88. The van der Waals surface area contributed by atoms with Gasteiger partial charge in [-0.25, -0.2) is 0 Å². The minimum absolute atomic E-state index is 0.0884. The molecular formula is C17H12N3O3-. The summed E-state index contributed by atoms with van der Waals surface area (Å²) in [7, 11) is 0. The number of carbonyl (C=O) groups excluding carboxylic acids is 1. The number of aromatic carboxylic acids is 1. The van der Waals surface area contributed by atoms with Crippen LogP contribution < -0.4 is 16.1 Å². The number of carboxylic acids is 1. The second kappa shape index (κ2) is 6.15. The Labute approximate surface area is 131 Å². The number of rotatable bonds is 4. The Bertz CT molecular complexity index is 943. The molecule has 0 bridgehead atoms. The molecule has 1 aromatic heterocycles. The van der Waals surface area contributed by atoms with Crippen molar-refractivity contribution in [3.63, 3.8) is 0 Å². The van der Waals surface area contributed by atoms with E-state index in [2.05, 4.69) is 15.5 Å². The first-order chi connectivity index (χ1) is 11.1. The van der Waals surface area contributed by atoms with Gasteiger partial charge >= 0.3 is 0 Å². The molecule has 0 atom stereocenters. The number of carbonyl (C=O) groups is 1. The van der Waals surface area contributed by atoms with Crippen LogP contribution in [0.1, 0.15) is 15.9 Å². The van der Waals surface area contributed by atoms with Crippen molar-refractivity contribution in [1.82, 2.24) is 4.98 Å². The monoisotopic (exact) mass is 306 g/mol. The fourth-order valence-electron chi connectivity index (χ4n) is 2.12. The molecule has 6 heteroatoms. The topological polar surface area (TPSA) is 97.4 Å². The molecule has 0 radical (unpaired) electrons. The highest BCUT2D eigenvalue weighted by Crippen LogP contribution is 2.10. The van der Waals surface area contributed by atoms with Crippen molar-refractivity contribution < 1.29 is 9.90 Å². The molecule has 3 aromatic rings. The van der Waals surface area contributed by atoms with Crippen molar-refractivity contribution in [2.75, 3.05) is 5.43 Å². The number of carboxylic acid groups (broad SMARTS) is 1. The molecule has 23 heavy (non-hydrogen) atoms. The Morgan fingerprint density at radius 1 is 1.13 bits per heavy atom. The molecule has 0 unspecified atom stereocenters. The van der Waals surface area contributed by atoms with E-state index in [1.807, 2.05) is 24.3 Å². The van der Waals surface area contributed by atoms with E-state index >= 15 is 0 Å². The van der Waals surface area contributed by atoms with Gasteiger partial charge in [-0.05, 0) is 35.2 Å². The van der Waals surface area contributed by atoms with Gasteiger partial charge in [0, 0.05) is 5.52 Å². The number of hydrogen-bond donors (Lipinski definition) is 2. The third kappa shape index (κ3) is 3.26. The Hall–Kier alpha value is -3.41. The third-order valence-electron chi connectivity index (χ3n) is 3.30. The number of para-hydroxylation sites is 1. The van der Waals surface area contributed by atoms with Gasteiger partial charge < -0.3 is 14.9 Å². The van der Waals surface area contributed by atoms with E-state index in [-0.39, 0.29) is 11.1 Å². The summed E-state index contributed by atoms with van der Waals surface area (Å²) in [5.41, 5.74) is 4.38. The van der Waals surface area contributed by atoms with Crippen molar-refractivity contribution in [3.05, 3.63) is 76.1 Å². The second-order valence-electron chi connectivity index (χ2n) is 4.88. The molecular weight excluding hydrogens is 294 g/mol. The molecule has 6 nitrogen and oxygen atoms in total. The van der Waals surface area contributed by atoms with Crippen LogP contribution in [0.3, 0.4) is 0 Å². The van der Waals surface area contributed by atoms with Crippen LogP contribution in [-0.4, -0.2) is 17.2 Å². The molecule has 0 saturated carbocycles. The first-order valence-corrected chi connectivity index (χ1v) is 6.86. The number of nitrogens with one attached hydrogen (secondary N) is 2. The number of aromatic nitrogens is 1. The number of H-pyrrole nitrogens is 1. The number of benzene rings is 2. The van der Waals surface area contributed by atoms with Gasteiger partial charge in [-0.1, -0.05) is 30.3 Å². The molecule has 0 spiro atoms. The molecule has 3 rings (SSSR count). The predicted molar refractivity (Wildman–Crippen MR) is 86.6 cm³/mol. The highest BCUT2D eigenvalue weighted by molar-refractivity contribution is 5.88. The molecule has 0 amide bonds. The first-order valence-electron chi connectivity index (χ1n) is 6.86. The summed E-state index contributed by atoms with van der Waals surface area (Å²) in [4.78, 5) is 25.4. The number of pyridine rings is 1. The highest BCUT2D eigenvalue weighted by atomic mass is 16.4. The smallest absolute Gasteiger partial charge is 0.257 e. The lowest BCUT2D eigenvalue weighted by atomic mass is 10.2. The molecule has 0 aliphatic carbocycles. The zero-order valence-corrected chi connectivity index (χ0v) is 11.9. The van der Waals surface area contributed by atoms with E-state index < -0.39 is 5.97 Å². The molecule has 114 valence electrons. The van der Waals surface area contributed by atoms with E-state index in [9.17, 15) is 14.7 Å². The van der Waals surface area contributed by atoms with Crippen LogP contribution in [0.4, 0.5) is 5.69 Å². The lowest BCUT2D eigenvalue weighted by Gasteiger charge is -2.04. The maximum Gasteiger partial charge on any atom is 0.257 e. The van der Waals surface area contributed by atoms with Gasteiger partial charge in [-0.3, -0.25) is 10.2 Å². The quantitative estimate of drug-likeness (QED) is 0.561. The van der Waals surface area contributed by atoms with Gasteiger partial charge in [0.1, 0.15) is 0 Å². The van der Waals surface area contributed by atoms with Gasteiger partial charge in [-0.2, -0.15) is 5.10 Å². The van der Waals surface area contributed by atoms with Crippen molar-refractivity contribution in [1.29, 1.82) is 0 Å². The number of aromatic amines is 1. The minimum Gasteiger partial charge on any atom is -0.545 e. The van der Waals surface area contributed by atoms with Crippen molar-refractivity contribution in [2.24, 2.45) is 5.10 Å². The van der Waals surface area contributed by atoms with Gasteiger partial charge in [0.2, 0.25) is 0 Å². The summed E-state index contributed by atoms with van der Waals surface area (Å²) in [6, 6.07) is 15.2. The highest BCUT2D eigenvalue weighted by Gasteiger charge is 2.00. The van der Waals surface area contributed by atoms with E-state index in [1.165, 1.54) is 18.3 Å². The van der Waals surface area contributed by atoms with Gasteiger partial charge in [0.05, 0.1) is 23.4 Å². The SMILES string of the molecule is O=C([O-])c1ccc(N/N=C/c2cc3ccccc3[nH]c2=O)cc1. The molecule has 1 heterocycles. The van der Waals surface area contributed by atoms with Crippen molar-refractivity contribution >= 4 is 28.8 Å². The number of anilines is 1. The number of hydrazone groups is 1. The van der Waals surface area contributed by atoms with Gasteiger partial charge in [-0.15, -0.1) is 0 Å². The molecule has 0 aliphatic rings. The maximum atomic E-state index is 11.9. The van der Waals surface area contributed by atoms with Crippen molar-refractivity contribution in [3.8, 4) is 0 Å². The normalized spacial score (nSPS) is 11.0. The fraction of sp³-hybridized carbons (Fsp3) is 0.